The van der Waals surface area contributed by atoms with Crippen molar-refractivity contribution in [1.82, 2.24) is 0 Å². The van der Waals surface area contributed by atoms with Crippen LogP contribution in [0.25, 0.3) is 0 Å². The van der Waals surface area contributed by atoms with E-state index in [4.69, 9.17) is 0 Å². The van der Waals surface area contributed by atoms with Crippen LogP contribution in [0.4, 0.5) is 0 Å². The highest BCUT2D eigenvalue weighted by molar-refractivity contribution is 5.64. The average Bonchev–Trinajstić information content (AvgIpc) is 2.05. The van der Waals surface area contributed by atoms with Gasteiger partial charge in [-0.15, -0.1) is 0 Å². The van der Waals surface area contributed by atoms with E-state index in [-0.39, 0.29) is 6.10 Å². The van der Waals surface area contributed by atoms with Gasteiger partial charge >= 0.3 is 0 Å². The highest BCUT2D eigenvalue weighted by atomic mass is 16.3. The first-order chi connectivity index (χ1) is 5.72. The molecule has 0 aliphatic rings. The Morgan fingerprint density at radius 2 is 2.17 bits per heavy atom. The first-order valence-corrected chi connectivity index (χ1v) is 4.50. The van der Waals surface area contributed by atoms with Crippen LogP contribution in [-0.2, 0) is 4.79 Å². The number of aliphatic hydroxyl groups is 1. The van der Waals surface area contributed by atoms with Crippen LogP contribution in [0.3, 0.4) is 0 Å². The molecule has 0 amide bonds. The van der Waals surface area contributed by atoms with E-state index in [1.807, 2.05) is 6.92 Å². The summed E-state index contributed by atoms with van der Waals surface area (Å²) < 4.78 is 0. The van der Waals surface area contributed by atoms with Gasteiger partial charge in [-0.05, 0) is 24.8 Å². The lowest BCUT2D eigenvalue weighted by molar-refractivity contribution is -0.104. The third kappa shape index (κ3) is 5.08. The number of hydrogen-bond acceptors (Lipinski definition) is 2. The Bertz CT molecular complexity index is 141. The van der Waals surface area contributed by atoms with Crippen molar-refractivity contribution >= 4 is 6.29 Å². The summed E-state index contributed by atoms with van der Waals surface area (Å²) in [5.41, 5.74) is 0. The monoisotopic (exact) mass is 170 g/mol. The topological polar surface area (TPSA) is 37.3 Å². The summed E-state index contributed by atoms with van der Waals surface area (Å²) in [5.74, 6) is 0.325. The quantitative estimate of drug-likeness (QED) is 0.488. The zero-order valence-corrected chi connectivity index (χ0v) is 7.86. The van der Waals surface area contributed by atoms with Crippen molar-refractivity contribution in [2.45, 2.75) is 39.2 Å². The molecule has 70 valence electrons. The summed E-state index contributed by atoms with van der Waals surface area (Å²) >= 11 is 0. The minimum atomic E-state index is -0.304. The van der Waals surface area contributed by atoms with Crippen molar-refractivity contribution in [2.24, 2.45) is 5.92 Å². The van der Waals surface area contributed by atoms with Crippen LogP contribution in [-0.4, -0.2) is 17.5 Å². The van der Waals surface area contributed by atoms with Crippen LogP contribution >= 0.6 is 0 Å². The molecule has 0 radical (unpaired) electrons. The van der Waals surface area contributed by atoms with Gasteiger partial charge < -0.3 is 5.11 Å². The van der Waals surface area contributed by atoms with Gasteiger partial charge in [0.1, 0.15) is 6.29 Å². The van der Waals surface area contributed by atoms with E-state index in [0.29, 0.717) is 12.3 Å². The van der Waals surface area contributed by atoms with Crippen LogP contribution in [0.2, 0.25) is 0 Å². The maximum absolute atomic E-state index is 9.91. The molecule has 0 saturated carbocycles. The number of allylic oxidation sites excluding steroid dienone is 1. The molecule has 0 saturated heterocycles. The normalized spacial score (nSPS) is 16.2. The first-order valence-electron chi connectivity index (χ1n) is 4.50. The minimum absolute atomic E-state index is 0.304. The Labute approximate surface area is 74.3 Å². The molecule has 0 fully saturated rings. The van der Waals surface area contributed by atoms with Crippen molar-refractivity contribution < 1.29 is 9.90 Å². The van der Waals surface area contributed by atoms with Crippen molar-refractivity contribution in [3.05, 3.63) is 12.2 Å². The molecule has 2 nitrogen and oxygen atoms in total. The van der Waals surface area contributed by atoms with Gasteiger partial charge in [0.15, 0.2) is 0 Å². The van der Waals surface area contributed by atoms with E-state index in [9.17, 15) is 9.90 Å². The molecule has 0 bridgehead atoms. The Hall–Kier alpha value is -0.630. The molecule has 12 heavy (non-hydrogen) atoms. The van der Waals surface area contributed by atoms with Crippen LogP contribution in [0.5, 0.6) is 0 Å². The molecule has 0 aromatic heterocycles. The Kier molecular flexibility index (Phi) is 6.67. The van der Waals surface area contributed by atoms with Gasteiger partial charge in [-0.25, -0.2) is 0 Å². The van der Waals surface area contributed by atoms with Crippen molar-refractivity contribution in [2.75, 3.05) is 0 Å². The number of aliphatic hydroxyl groups excluding tert-OH is 1. The molecular formula is C10H18O2. The van der Waals surface area contributed by atoms with E-state index >= 15 is 0 Å². The van der Waals surface area contributed by atoms with E-state index in [1.165, 1.54) is 6.08 Å². The predicted molar refractivity (Wildman–Crippen MR) is 49.9 cm³/mol. The van der Waals surface area contributed by atoms with Gasteiger partial charge in [-0.2, -0.15) is 0 Å². The van der Waals surface area contributed by atoms with Gasteiger partial charge in [0.05, 0.1) is 6.10 Å². The number of hydrogen-bond donors (Lipinski definition) is 1. The summed E-state index contributed by atoms with van der Waals surface area (Å²) in [6.07, 6.45) is 6.29. The predicted octanol–water partition coefficient (Wildman–Crippen LogP) is 1.93. The fraction of sp³-hybridized carbons (Fsp3) is 0.700. The fourth-order valence-corrected chi connectivity index (χ4v) is 1.15. The fourth-order valence-electron chi connectivity index (χ4n) is 1.15. The minimum Gasteiger partial charge on any atom is -0.393 e. The highest BCUT2D eigenvalue weighted by Gasteiger charge is 2.10. The van der Waals surface area contributed by atoms with Crippen LogP contribution in [0.1, 0.15) is 33.1 Å². The van der Waals surface area contributed by atoms with Crippen molar-refractivity contribution in [3.8, 4) is 0 Å². The molecule has 2 heteroatoms. The molecule has 0 aromatic rings. The first kappa shape index (κ1) is 11.4. The molecule has 0 aromatic carbocycles. The van der Waals surface area contributed by atoms with Crippen molar-refractivity contribution in [1.29, 1.82) is 0 Å². The Balaban J connectivity index is 3.62. The lowest BCUT2D eigenvalue weighted by Gasteiger charge is -2.15. The highest BCUT2D eigenvalue weighted by Crippen LogP contribution is 2.13. The second-order valence-electron chi connectivity index (χ2n) is 3.13. The number of carbonyl (C=O) groups is 1. The standard InChI is InChI=1S/C10H18O2/c1-3-6-9(2)10(12)7-4-5-8-11/h4-5,8-10,12H,3,6-7H2,1-2H3. The largest absolute Gasteiger partial charge is 0.393 e. The zero-order valence-electron chi connectivity index (χ0n) is 7.86. The third-order valence-electron chi connectivity index (χ3n) is 1.99. The molecule has 1 N–H and O–H groups in total. The van der Waals surface area contributed by atoms with Crippen LogP contribution in [0.15, 0.2) is 12.2 Å². The van der Waals surface area contributed by atoms with E-state index in [2.05, 4.69) is 6.92 Å². The molecule has 0 rings (SSSR count). The molecule has 0 aliphatic carbocycles. The van der Waals surface area contributed by atoms with E-state index in [0.717, 1.165) is 19.1 Å². The van der Waals surface area contributed by atoms with Gasteiger partial charge in [-0.1, -0.05) is 26.3 Å². The third-order valence-corrected chi connectivity index (χ3v) is 1.99. The Morgan fingerprint density at radius 1 is 1.50 bits per heavy atom. The SMILES string of the molecule is CCCC(C)C(O)CC=CC=O. The van der Waals surface area contributed by atoms with Crippen LogP contribution in [0, 0.1) is 5.92 Å². The summed E-state index contributed by atoms with van der Waals surface area (Å²) in [7, 11) is 0. The van der Waals surface area contributed by atoms with Gasteiger partial charge in [0.2, 0.25) is 0 Å². The van der Waals surface area contributed by atoms with E-state index < -0.39 is 0 Å². The molecular weight excluding hydrogens is 152 g/mol. The van der Waals surface area contributed by atoms with E-state index in [1.54, 1.807) is 6.08 Å². The smallest absolute Gasteiger partial charge is 0.142 e. The van der Waals surface area contributed by atoms with Crippen LogP contribution < -0.4 is 0 Å². The second kappa shape index (κ2) is 7.04. The number of rotatable bonds is 6. The van der Waals surface area contributed by atoms with Gasteiger partial charge in [-0.3, -0.25) is 4.79 Å². The summed E-state index contributed by atoms with van der Waals surface area (Å²) in [6, 6.07) is 0. The van der Waals surface area contributed by atoms with Gasteiger partial charge in [0, 0.05) is 0 Å². The average molecular weight is 170 g/mol. The van der Waals surface area contributed by atoms with Gasteiger partial charge in [0.25, 0.3) is 0 Å². The summed E-state index contributed by atoms with van der Waals surface area (Å²) in [4.78, 5) is 9.91. The Morgan fingerprint density at radius 3 is 2.67 bits per heavy atom. The molecule has 0 spiro atoms. The second-order valence-corrected chi connectivity index (χ2v) is 3.13. The summed E-state index contributed by atoms with van der Waals surface area (Å²) in [5, 5.41) is 9.51. The molecule has 2 unspecified atom stereocenters. The molecule has 0 heterocycles. The number of carbonyl (C=O) groups excluding carboxylic acids is 1. The molecule has 2 atom stereocenters. The molecule has 0 aliphatic heterocycles. The maximum atomic E-state index is 9.91. The number of aldehydes is 1. The van der Waals surface area contributed by atoms with Crippen molar-refractivity contribution in [3.63, 3.8) is 0 Å². The summed E-state index contributed by atoms with van der Waals surface area (Å²) in [6.45, 7) is 4.13. The zero-order chi connectivity index (χ0) is 9.40. The maximum Gasteiger partial charge on any atom is 0.142 e. The lowest BCUT2D eigenvalue weighted by atomic mass is 9.97. The lowest BCUT2D eigenvalue weighted by Crippen LogP contribution is -2.16.